The highest BCUT2D eigenvalue weighted by Crippen LogP contribution is 2.13. The van der Waals surface area contributed by atoms with Gasteiger partial charge in [-0.2, -0.15) is 0 Å². The number of carbonyl (C=O) groups is 1. The van der Waals surface area contributed by atoms with E-state index in [4.69, 9.17) is 0 Å². The molecule has 0 aliphatic carbocycles. The fourth-order valence-electron chi connectivity index (χ4n) is 5.94. The van der Waals surface area contributed by atoms with Crippen molar-refractivity contribution in [1.82, 2.24) is 5.32 Å². The summed E-state index contributed by atoms with van der Waals surface area (Å²) in [4.78, 5) is 12.2. The third-order valence-corrected chi connectivity index (χ3v) is 9.30. The van der Waals surface area contributed by atoms with Gasteiger partial charge < -0.3 is 15.5 Å². The number of nitrogens with one attached hydrogen (secondary N) is 1. The van der Waals surface area contributed by atoms with Crippen LogP contribution in [-0.4, -0.2) is 34.9 Å². The Morgan fingerprint density at radius 3 is 1.19 bits per heavy atom. The summed E-state index contributed by atoms with van der Waals surface area (Å²) in [5.41, 5.74) is 0. The van der Waals surface area contributed by atoms with Crippen LogP contribution in [0.3, 0.4) is 0 Å². The summed E-state index contributed by atoms with van der Waals surface area (Å²) in [6.45, 7) is 4.08. The summed E-state index contributed by atoms with van der Waals surface area (Å²) in [6.07, 6.45) is 68.1. The number of carbonyl (C=O) groups excluding carboxylic acids is 1. The van der Waals surface area contributed by atoms with E-state index in [9.17, 15) is 15.0 Å². The average Bonchev–Trinajstić information content (AvgIpc) is 3.17. The van der Waals surface area contributed by atoms with Crippen molar-refractivity contribution in [3.05, 3.63) is 109 Å². The Labute approximate surface area is 334 Å². The molecule has 54 heavy (non-hydrogen) atoms. The van der Waals surface area contributed by atoms with E-state index in [1.807, 2.05) is 0 Å². The van der Waals surface area contributed by atoms with Gasteiger partial charge in [-0.1, -0.05) is 200 Å². The van der Waals surface area contributed by atoms with Gasteiger partial charge in [-0.05, 0) is 83.5 Å². The number of rotatable bonds is 38. The molecule has 0 fully saturated rings. The highest BCUT2D eigenvalue weighted by Gasteiger charge is 2.19. The first-order valence-electron chi connectivity index (χ1n) is 22.1. The Bertz CT molecular complexity index is 1070. The fraction of sp³-hybridized carbons (Fsp3) is 0.620. The number of amides is 1. The molecule has 0 aliphatic heterocycles. The van der Waals surface area contributed by atoms with Crippen molar-refractivity contribution < 1.29 is 15.0 Å². The normalized spacial score (nSPS) is 14.1. The zero-order valence-electron chi connectivity index (χ0n) is 34.9. The van der Waals surface area contributed by atoms with E-state index in [-0.39, 0.29) is 12.5 Å². The molecule has 2 unspecified atom stereocenters. The molecule has 1 amide bonds. The summed E-state index contributed by atoms with van der Waals surface area (Å²) in [5.74, 6) is -0.0525. The Kier molecular flexibility index (Phi) is 42.0. The van der Waals surface area contributed by atoms with E-state index in [1.165, 1.54) is 64.2 Å². The smallest absolute Gasteiger partial charge is 0.220 e. The average molecular weight is 746 g/mol. The monoisotopic (exact) mass is 746 g/mol. The van der Waals surface area contributed by atoms with Crippen LogP contribution in [0.15, 0.2) is 109 Å². The zero-order chi connectivity index (χ0) is 39.3. The summed E-state index contributed by atoms with van der Waals surface area (Å²) in [6, 6.07) is -0.539. The van der Waals surface area contributed by atoms with Crippen LogP contribution >= 0.6 is 0 Å². The third kappa shape index (κ3) is 40.2. The van der Waals surface area contributed by atoms with Gasteiger partial charge in [0.2, 0.25) is 5.91 Å². The van der Waals surface area contributed by atoms with Crippen molar-refractivity contribution >= 4 is 5.91 Å². The van der Waals surface area contributed by atoms with Gasteiger partial charge in [-0.3, -0.25) is 4.79 Å². The predicted octanol–water partition coefficient (Wildman–Crippen LogP) is 14.0. The molecule has 2 atom stereocenters. The van der Waals surface area contributed by atoms with Gasteiger partial charge in [-0.25, -0.2) is 0 Å². The Morgan fingerprint density at radius 1 is 0.463 bits per heavy atom. The second-order valence-electron chi connectivity index (χ2n) is 14.4. The van der Waals surface area contributed by atoms with Gasteiger partial charge in [0.25, 0.3) is 0 Å². The number of aliphatic hydroxyl groups is 2. The number of hydrogen-bond donors (Lipinski definition) is 3. The highest BCUT2D eigenvalue weighted by atomic mass is 16.3. The molecule has 4 nitrogen and oxygen atoms in total. The van der Waals surface area contributed by atoms with Crippen LogP contribution < -0.4 is 5.32 Å². The van der Waals surface area contributed by atoms with Crippen LogP contribution in [-0.2, 0) is 4.79 Å². The molecule has 0 spiro atoms. The molecular formula is C50H83NO3. The van der Waals surface area contributed by atoms with Crippen LogP contribution in [0.4, 0.5) is 0 Å². The van der Waals surface area contributed by atoms with Crippen LogP contribution in [0.1, 0.15) is 181 Å². The molecule has 0 aromatic heterocycles. The van der Waals surface area contributed by atoms with Crippen molar-refractivity contribution in [2.24, 2.45) is 0 Å². The van der Waals surface area contributed by atoms with Crippen LogP contribution in [0.25, 0.3) is 0 Å². The minimum Gasteiger partial charge on any atom is -0.394 e. The SMILES string of the molecule is CC/C=C\C/C=C\C/C=C\C/C=C\C/C=C\C/C=C\C/C=C\C/C=C\C/C=C\CCCCCCCCCCCCCC(=O)NC(CO)C(O)CCCCC. The number of allylic oxidation sites excluding steroid dienone is 18. The molecule has 0 bridgehead atoms. The summed E-state index contributed by atoms with van der Waals surface area (Å²) >= 11 is 0. The molecule has 4 heteroatoms. The minimum atomic E-state index is -0.662. The maximum Gasteiger partial charge on any atom is 0.220 e. The number of unbranched alkanes of at least 4 members (excludes halogenated alkanes) is 13. The lowest BCUT2D eigenvalue weighted by molar-refractivity contribution is -0.123. The Morgan fingerprint density at radius 2 is 0.815 bits per heavy atom. The molecule has 0 heterocycles. The minimum absolute atomic E-state index is 0.0525. The second kappa shape index (κ2) is 44.4. The molecule has 0 radical (unpaired) electrons. The molecule has 0 saturated carbocycles. The fourth-order valence-corrected chi connectivity index (χ4v) is 5.94. The molecule has 3 N–H and O–H groups in total. The van der Waals surface area contributed by atoms with E-state index >= 15 is 0 Å². The first-order chi connectivity index (χ1) is 26.7. The molecule has 0 saturated heterocycles. The van der Waals surface area contributed by atoms with E-state index < -0.39 is 12.1 Å². The van der Waals surface area contributed by atoms with Crippen LogP contribution in [0.2, 0.25) is 0 Å². The van der Waals surface area contributed by atoms with Crippen molar-refractivity contribution in [2.45, 2.75) is 193 Å². The first kappa shape index (κ1) is 51.0. The number of aliphatic hydroxyl groups excluding tert-OH is 2. The van der Waals surface area contributed by atoms with E-state index in [0.29, 0.717) is 12.8 Å². The first-order valence-corrected chi connectivity index (χ1v) is 22.1. The van der Waals surface area contributed by atoms with Gasteiger partial charge >= 0.3 is 0 Å². The molecule has 0 aromatic rings. The topological polar surface area (TPSA) is 69.6 Å². The van der Waals surface area contributed by atoms with Crippen molar-refractivity contribution in [3.8, 4) is 0 Å². The zero-order valence-corrected chi connectivity index (χ0v) is 34.9. The lowest BCUT2D eigenvalue weighted by Gasteiger charge is -2.22. The van der Waals surface area contributed by atoms with Gasteiger partial charge in [0, 0.05) is 6.42 Å². The van der Waals surface area contributed by atoms with Crippen molar-refractivity contribution in [3.63, 3.8) is 0 Å². The Balaban J connectivity index is 3.53. The second-order valence-corrected chi connectivity index (χ2v) is 14.4. The molecular weight excluding hydrogens is 663 g/mol. The third-order valence-electron chi connectivity index (χ3n) is 9.30. The molecule has 0 rings (SSSR count). The standard InChI is InChI=1S/C50H83NO3/c1-3-5-7-8-9-10-11-12-13-14-15-16-17-18-19-20-21-22-23-24-25-26-27-28-29-30-31-32-33-34-35-36-37-38-39-40-41-42-44-46-50(54)51-48(47-52)49(53)45-43-6-4-2/h5,7,9-10,12-13,15-16,18-19,21-22,24-25,27-28,30-31,48-49,52-53H,3-4,6,8,11,14,17,20,23,26,29,32-47H2,1-2H3,(H,51,54)/b7-5-,10-9-,13-12-,16-15-,19-18-,22-21-,25-24-,28-27-,31-30-. The molecule has 0 aromatic carbocycles. The molecule has 306 valence electrons. The van der Waals surface area contributed by atoms with Gasteiger partial charge in [0.15, 0.2) is 0 Å². The van der Waals surface area contributed by atoms with Crippen LogP contribution in [0.5, 0.6) is 0 Å². The maximum absolute atomic E-state index is 12.2. The lowest BCUT2D eigenvalue weighted by atomic mass is 10.0. The van der Waals surface area contributed by atoms with Gasteiger partial charge in [0.1, 0.15) is 0 Å². The van der Waals surface area contributed by atoms with E-state index in [0.717, 1.165) is 89.9 Å². The van der Waals surface area contributed by atoms with Crippen LogP contribution in [0, 0.1) is 0 Å². The highest BCUT2D eigenvalue weighted by molar-refractivity contribution is 5.76. The molecule has 0 aliphatic rings. The number of hydrogen-bond acceptors (Lipinski definition) is 3. The predicted molar refractivity (Wildman–Crippen MR) is 239 cm³/mol. The summed E-state index contributed by atoms with van der Waals surface area (Å²) in [5, 5.41) is 22.5. The van der Waals surface area contributed by atoms with Crippen molar-refractivity contribution in [2.75, 3.05) is 6.61 Å². The van der Waals surface area contributed by atoms with Gasteiger partial charge in [0.05, 0.1) is 18.8 Å². The summed E-state index contributed by atoms with van der Waals surface area (Å²) < 4.78 is 0. The van der Waals surface area contributed by atoms with E-state index in [1.54, 1.807) is 0 Å². The van der Waals surface area contributed by atoms with Gasteiger partial charge in [-0.15, -0.1) is 0 Å². The lowest BCUT2D eigenvalue weighted by Crippen LogP contribution is -2.45. The van der Waals surface area contributed by atoms with E-state index in [2.05, 4.69) is 129 Å². The summed E-state index contributed by atoms with van der Waals surface area (Å²) in [7, 11) is 0. The maximum atomic E-state index is 12.2. The van der Waals surface area contributed by atoms with Crippen molar-refractivity contribution in [1.29, 1.82) is 0 Å². The largest absolute Gasteiger partial charge is 0.394 e. The quantitative estimate of drug-likeness (QED) is 0.0435. The Hall–Kier alpha value is -2.95.